The summed E-state index contributed by atoms with van der Waals surface area (Å²) in [5.41, 5.74) is 7.54. The number of rotatable bonds is 3. The normalized spacial score (nSPS) is 12.3. The molecule has 1 heterocycles. The Labute approximate surface area is 124 Å². The van der Waals surface area contributed by atoms with Crippen molar-refractivity contribution in [2.24, 2.45) is 5.73 Å². The molecule has 2 aromatic carbocycles. The zero-order valence-corrected chi connectivity index (χ0v) is 11.6. The molecular formula is C15H11F2N3S. The van der Waals surface area contributed by atoms with E-state index in [1.54, 1.807) is 0 Å². The highest BCUT2D eigenvalue weighted by Crippen LogP contribution is 2.29. The van der Waals surface area contributed by atoms with Crippen LogP contribution >= 0.6 is 11.3 Å². The highest BCUT2D eigenvalue weighted by Gasteiger charge is 2.16. The van der Waals surface area contributed by atoms with Gasteiger partial charge in [0.25, 0.3) is 0 Å². The van der Waals surface area contributed by atoms with E-state index in [4.69, 9.17) is 5.73 Å². The molecule has 0 fully saturated rings. The topological polar surface area (TPSA) is 51.8 Å². The molecule has 3 nitrogen and oxygen atoms in total. The van der Waals surface area contributed by atoms with Gasteiger partial charge in [-0.3, -0.25) is 0 Å². The molecule has 0 bridgehead atoms. The molecule has 2 N–H and O–H groups in total. The maximum Gasteiger partial charge on any atom is 0.159 e. The van der Waals surface area contributed by atoms with E-state index < -0.39 is 11.6 Å². The molecule has 0 aliphatic heterocycles. The Morgan fingerprint density at radius 2 is 1.71 bits per heavy atom. The second kappa shape index (κ2) is 5.67. The van der Waals surface area contributed by atoms with E-state index in [0.717, 1.165) is 17.7 Å². The van der Waals surface area contributed by atoms with Gasteiger partial charge < -0.3 is 5.73 Å². The molecule has 21 heavy (non-hydrogen) atoms. The maximum atomic E-state index is 13.3. The van der Waals surface area contributed by atoms with Gasteiger partial charge in [0.05, 0.1) is 6.04 Å². The molecule has 0 saturated carbocycles. The summed E-state index contributed by atoms with van der Waals surface area (Å²) in [5, 5.41) is 9.19. The molecule has 0 aliphatic carbocycles. The summed E-state index contributed by atoms with van der Waals surface area (Å²) in [6.07, 6.45) is 0. The van der Waals surface area contributed by atoms with Crippen molar-refractivity contribution in [1.29, 1.82) is 0 Å². The number of nitrogens with zero attached hydrogens (tertiary/aromatic N) is 2. The van der Waals surface area contributed by atoms with Crippen LogP contribution in [0.4, 0.5) is 8.78 Å². The van der Waals surface area contributed by atoms with Gasteiger partial charge in [-0.1, -0.05) is 41.7 Å². The Morgan fingerprint density at radius 1 is 0.952 bits per heavy atom. The van der Waals surface area contributed by atoms with Crippen LogP contribution in [-0.4, -0.2) is 10.2 Å². The zero-order chi connectivity index (χ0) is 14.8. The van der Waals surface area contributed by atoms with Gasteiger partial charge in [0.1, 0.15) is 10.0 Å². The van der Waals surface area contributed by atoms with Gasteiger partial charge in [-0.2, -0.15) is 0 Å². The van der Waals surface area contributed by atoms with Gasteiger partial charge in [-0.15, -0.1) is 10.2 Å². The van der Waals surface area contributed by atoms with Crippen molar-refractivity contribution in [2.75, 3.05) is 0 Å². The minimum Gasteiger partial charge on any atom is -0.318 e. The van der Waals surface area contributed by atoms with E-state index >= 15 is 0 Å². The Balaban J connectivity index is 1.91. The van der Waals surface area contributed by atoms with E-state index in [2.05, 4.69) is 10.2 Å². The second-order valence-corrected chi connectivity index (χ2v) is 5.47. The van der Waals surface area contributed by atoms with Gasteiger partial charge in [0.15, 0.2) is 11.6 Å². The van der Waals surface area contributed by atoms with Crippen LogP contribution < -0.4 is 5.73 Å². The van der Waals surface area contributed by atoms with Crippen molar-refractivity contribution in [3.63, 3.8) is 0 Å². The first-order chi connectivity index (χ1) is 10.1. The largest absolute Gasteiger partial charge is 0.318 e. The molecule has 0 saturated heterocycles. The lowest BCUT2D eigenvalue weighted by Gasteiger charge is -2.06. The van der Waals surface area contributed by atoms with Crippen molar-refractivity contribution < 1.29 is 8.78 Å². The molecule has 3 aromatic rings. The van der Waals surface area contributed by atoms with Crippen molar-refractivity contribution in [2.45, 2.75) is 6.04 Å². The van der Waals surface area contributed by atoms with E-state index in [9.17, 15) is 8.78 Å². The number of nitrogens with two attached hydrogens (primary N) is 1. The van der Waals surface area contributed by atoms with Gasteiger partial charge in [0, 0.05) is 5.56 Å². The lowest BCUT2D eigenvalue weighted by molar-refractivity contribution is 0.509. The number of aromatic nitrogens is 2. The maximum absolute atomic E-state index is 13.3. The first-order valence-electron chi connectivity index (χ1n) is 6.24. The first kappa shape index (κ1) is 13.8. The van der Waals surface area contributed by atoms with E-state index in [1.165, 1.54) is 17.4 Å². The lowest BCUT2D eigenvalue weighted by atomic mass is 10.1. The molecule has 106 valence electrons. The monoisotopic (exact) mass is 303 g/mol. The van der Waals surface area contributed by atoms with Crippen LogP contribution in [0.3, 0.4) is 0 Å². The average Bonchev–Trinajstić information content (AvgIpc) is 3.00. The fourth-order valence-electron chi connectivity index (χ4n) is 1.91. The summed E-state index contributed by atoms with van der Waals surface area (Å²) in [4.78, 5) is 0. The summed E-state index contributed by atoms with van der Waals surface area (Å²) in [7, 11) is 0. The van der Waals surface area contributed by atoms with Crippen molar-refractivity contribution >= 4 is 11.3 Å². The number of benzene rings is 2. The lowest BCUT2D eigenvalue weighted by Crippen LogP contribution is -2.11. The average molecular weight is 303 g/mol. The van der Waals surface area contributed by atoms with E-state index in [-0.39, 0.29) is 6.04 Å². The van der Waals surface area contributed by atoms with Crippen LogP contribution in [0, 0.1) is 11.6 Å². The highest BCUT2D eigenvalue weighted by molar-refractivity contribution is 7.14. The van der Waals surface area contributed by atoms with Crippen molar-refractivity contribution in [3.05, 3.63) is 70.7 Å². The Bertz CT molecular complexity index is 759. The van der Waals surface area contributed by atoms with E-state index in [0.29, 0.717) is 15.6 Å². The summed E-state index contributed by atoms with van der Waals surface area (Å²) in [5.74, 6) is -1.79. The number of hydrogen-bond donors (Lipinski definition) is 1. The Morgan fingerprint density at radius 3 is 2.43 bits per heavy atom. The molecule has 0 spiro atoms. The molecule has 1 aromatic heterocycles. The fraction of sp³-hybridized carbons (Fsp3) is 0.0667. The van der Waals surface area contributed by atoms with Crippen LogP contribution in [-0.2, 0) is 0 Å². The Hall–Kier alpha value is -2.18. The molecule has 0 radical (unpaired) electrons. The fourth-order valence-corrected chi connectivity index (χ4v) is 2.78. The zero-order valence-electron chi connectivity index (χ0n) is 10.8. The smallest absolute Gasteiger partial charge is 0.159 e. The van der Waals surface area contributed by atoms with Gasteiger partial charge in [-0.25, -0.2) is 8.78 Å². The third-order valence-electron chi connectivity index (χ3n) is 3.03. The van der Waals surface area contributed by atoms with Crippen molar-refractivity contribution in [1.82, 2.24) is 10.2 Å². The summed E-state index contributed by atoms with van der Waals surface area (Å²) in [6, 6.07) is 12.8. The van der Waals surface area contributed by atoms with Crippen LogP contribution in [0.25, 0.3) is 10.6 Å². The quantitative estimate of drug-likeness (QED) is 0.805. The third kappa shape index (κ3) is 2.81. The molecule has 1 atom stereocenters. The molecular weight excluding hydrogens is 292 g/mol. The minimum absolute atomic E-state index is 0.386. The predicted octanol–water partition coefficient (Wildman–Crippen LogP) is 3.53. The van der Waals surface area contributed by atoms with Gasteiger partial charge >= 0.3 is 0 Å². The molecule has 6 heteroatoms. The minimum atomic E-state index is -0.906. The van der Waals surface area contributed by atoms with E-state index in [1.807, 2.05) is 30.3 Å². The summed E-state index contributed by atoms with van der Waals surface area (Å²) < 4.78 is 26.2. The second-order valence-electron chi connectivity index (χ2n) is 4.46. The van der Waals surface area contributed by atoms with Crippen LogP contribution in [0.2, 0.25) is 0 Å². The molecule has 0 aliphatic rings. The summed E-state index contributed by atoms with van der Waals surface area (Å²) >= 11 is 1.27. The van der Waals surface area contributed by atoms with Gasteiger partial charge in [-0.05, 0) is 23.8 Å². The molecule has 0 amide bonds. The number of hydrogen-bond acceptors (Lipinski definition) is 4. The molecule has 1 unspecified atom stereocenters. The predicted molar refractivity (Wildman–Crippen MR) is 77.7 cm³/mol. The summed E-state index contributed by atoms with van der Waals surface area (Å²) in [6.45, 7) is 0. The van der Waals surface area contributed by atoms with Crippen LogP contribution in [0.5, 0.6) is 0 Å². The standard InChI is InChI=1S/C15H11F2N3S/c16-11-7-6-10(8-12(11)17)14-19-20-15(21-14)13(18)9-4-2-1-3-5-9/h1-8,13H,18H2. The van der Waals surface area contributed by atoms with Crippen LogP contribution in [0.1, 0.15) is 16.6 Å². The molecule has 3 rings (SSSR count). The van der Waals surface area contributed by atoms with Crippen LogP contribution in [0.15, 0.2) is 48.5 Å². The highest BCUT2D eigenvalue weighted by atomic mass is 32.1. The first-order valence-corrected chi connectivity index (χ1v) is 7.06. The van der Waals surface area contributed by atoms with Gasteiger partial charge in [0.2, 0.25) is 0 Å². The SMILES string of the molecule is NC(c1ccccc1)c1nnc(-c2ccc(F)c(F)c2)s1. The third-order valence-corrected chi connectivity index (χ3v) is 4.09. The van der Waals surface area contributed by atoms with Crippen molar-refractivity contribution in [3.8, 4) is 10.6 Å². The number of halogens is 2. The Kier molecular flexibility index (Phi) is 3.72.